The second-order valence-corrected chi connectivity index (χ2v) is 16.0. The minimum Gasteiger partial charge on any atom is -0.497 e. The molecule has 3 N–H and O–H groups in total. The largest absolute Gasteiger partial charge is 0.497 e. The summed E-state index contributed by atoms with van der Waals surface area (Å²) in [6.45, 7) is 11.4. The van der Waals surface area contributed by atoms with Gasteiger partial charge in [0, 0.05) is 41.3 Å². The van der Waals surface area contributed by atoms with Crippen LogP contribution in [0.1, 0.15) is 72.6 Å². The molecule has 11 nitrogen and oxygen atoms in total. The zero-order valence-corrected chi connectivity index (χ0v) is 31.4. The van der Waals surface area contributed by atoms with Gasteiger partial charge in [-0.1, -0.05) is 83.4 Å². The molecule has 2 aliphatic carbocycles. The molecule has 1 aliphatic heterocycles. The van der Waals surface area contributed by atoms with Crippen LogP contribution in [0.4, 0.5) is 0 Å². The molecule has 0 radical (unpaired) electrons. The van der Waals surface area contributed by atoms with Gasteiger partial charge in [0.15, 0.2) is 0 Å². The maximum absolute atomic E-state index is 14.7. The number of fused-ring (bicyclic) bond motifs is 1. The van der Waals surface area contributed by atoms with Crippen molar-refractivity contribution in [1.29, 1.82) is 0 Å². The number of amides is 3. The number of methoxy groups -OCH3 is 1. The van der Waals surface area contributed by atoms with Crippen molar-refractivity contribution in [3.8, 4) is 22.8 Å². The number of hydrogen-bond acceptors (Lipinski definition) is 7. The highest BCUT2D eigenvalue weighted by Gasteiger charge is 2.61. The predicted molar refractivity (Wildman–Crippen MR) is 202 cm³/mol. The fourth-order valence-electron chi connectivity index (χ4n) is 7.97. The number of aromatic nitrogens is 1. The van der Waals surface area contributed by atoms with Crippen LogP contribution in [0, 0.1) is 23.2 Å². The molecule has 2 heterocycles. The van der Waals surface area contributed by atoms with Gasteiger partial charge in [-0.25, -0.2) is 9.78 Å². The maximum Gasteiger partial charge on any atom is 0.330 e. The number of ether oxygens (including phenoxy) is 2. The van der Waals surface area contributed by atoms with Crippen LogP contribution in [0.25, 0.3) is 22.2 Å². The quantitative estimate of drug-likeness (QED) is 0.189. The average Bonchev–Trinajstić information content (AvgIpc) is 3.72. The Morgan fingerprint density at radius 3 is 2.40 bits per heavy atom. The number of carboxylic acid groups (broad SMARTS) is 1. The van der Waals surface area contributed by atoms with Gasteiger partial charge in [0.25, 0.3) is 0 Å². The minimum absolute atomic E-state index is 0.0448. The Morgan fingerprint density at radius 1 is 1.06 bits per heavy atom. The van der Waals surface area contributed by atoms with Gasteiger partial charge < -0.3 is 30.1 Å². The lowest BCUT2D eigenvalue weighted by Crippen LogP contribution is -2.59. The molecule has 3 aromatic rings. The lowest BCUT2D eigenvalue weighted by Gasteiger charge is -2.37. The number of carbonyl (C=O) groups excluding carboxylic acids is 3. The summed E-state index contributed by atoms with van der Waals surface area (Å²) < 4.78 is 12.2. The van der Waals surface area contributed by atoms with Gasteiger partial charge in [0.2, 0.25) is 17.7 Å². The summed E-state index contributed by atoms with van der Waals surface area (Å²) >= 11 is 0. The molecule has 0 bridgehead atoms. The first-order chi connectivity index (χ1) is 25.2. The molecule has 2 saturated carbocycles. The summed E-state index contributed by atoms with van der Waals surface area (Å²) in [5.74, 6) is -1.61. The molecule has 11 heteroatoms. The molecule has 1 unspecified atom stereocenters. The first-order valence-corrected chi connectivity index (χ1v) is 18.8. The zero-order valence-electron chi connectivity index (χ0n) is 31.4. The Kier molecular flexibility index (Phi) is 10.8. The summed E-state index contributed by atoms with van der Waals surface area (Å²) in [6.07, 6.45) is 6.53. The fourth-order valence-corrected chi connectivity index (χ4v) is 7.97. The van der Waals surface area contributed by atoms with Crippen molar-refractivity contribution >= 4 is 34.6 Å². The molecular formula is C42H52N4O7. The van der Waals surface area contributed by atoms with Gasteiger partial charge in [0.05, 0.1) is 24.9 Å². The summed E-state index contributed by atoms with van der Waals surface area (Å²) in [4.78, 5) is 61.3. The fraction of sp³-hybridized carbons (Fsp3) is 0.500. The third-order valence-corrected chi connectivity index (χ3v) is 11.4. The van der Waals surface area contributed by atoms with Crippen LogP contribution in [0.2, 0.25) is 0 Å². The minimum atomic E-state index is -1.48. The van der Waals surface area contributed by atoms with Crippen LogP contribution in [0.15, 0.2) is 67.3 Å². The first kappa shape index (κ1) is 37.8. The Morgan fingerprint density at radius 2 is 1.77 bits per heavy atom. The van der Waals surface area contributed by atoms with E-state index in [1.807, 2.05) is 82.3 Å². The van der Waals surface area contributed by atoms with Crippen LogP contribution in [0.5, 0.6) is 11.5 Å². The Balaban J connectivity index is 1.33. The van der Waals surface area contributed by atoms with E-state index < -0.39 is 52.8 Å². The van der Waals surface area contributed by atoms with Gasteiger partial charge in [-0.3, -0.25) is 14.4 Å². The SMILES string of the molecule is C=C[C@H]1CC1(NC(=O)[C@@H]1C[C@@H](Oc2cc(-c3ccccc3)nc3cc(OC)ccc23)CN1C(=O)[C@@H](NC(=O)[C@@H](C)C1CCCCC1)C(C)(C)C)C(=O)O. The van der Waals surface area contributed by atoms with E-state index in [2.05, 4.69) is 17.2 Å². The average molecular weight is 725 g/mol. The molecule has 3 amide bonds. The van der Waals surface area contributed by atoms with E-state index in [1.54, 1.807) is 7.11 Å². The molecule has 6 rings (SSSR count). The van der Waals surface area contributed by atoms with Gasteiger partial charge in [-0.15, -0.1) is 6.58 Å². The van der Waals surface area contributed by atoms with Gasteiger partial charge in [0.1, 0.15) is 35.2 Å². The number of nitrogens with zero attached hydrogens (tertiary/aromatic N) is 2. The van der Waals surface area contributed by atoms with E-state index in [-0.39, 0.29) is 37.1 Å². The number of rotatable bonds is 12. The van der Waals surface area contributed by atoms with Crippen LogP contribution in [-0.2, 0) is 19.2 Å². The maximum atomic E-state index is 14.7. The monoisotopic (exact) mass is 724 g/mol. The molecule has 2 aromatic carbocycles. The predicted octanol–water partition coefficient (Wildman–Crippen LogP) is 6.15. The number of likely N-dealkylation sites (tertiary alicyclic amines) is 1. The summed E-state index contributed by atoms with van der Waals surface area (Å²) in [5, 5.41) is 16.7. The number of benzene rings is 2. The van der Waals surface area contributed by atoms with E-state index in [1.165, 1.54) is 17.4 Å². The Labute approximate surface area is 311 Å². The normalized spacial score (nSPS) is 24.2. The molecular weight excluding hydrogens is 672 g/mol. The Hall–Kier alpha value is -4.93. The van der Waals surface area contributed by atoms with E-state index in [0.717, 1.165) is 36.6 Å². The van der Waals surface area contributed by atoms with Crippen molar-refractivity contribution in [1.82, 2.24) is 20.5 Å². The number of aliphatic carboxylic acids is 1. The number of carboxylic acids is 1. The highest BCUT2D eigenvalue weighted by atomic mass is 16.5. The summed E-state index contributed by atoms with van der Waals surface area (Å²) in [7, 11) is 1.59. The molecule has 1 saturated heterocycles. The number of hydrogen-bond donors (Lipinski definition) is 3. The first-order valence-electron chi connectivity index (χ1n) is 18.8. The van der Waals surface area contributed by atoms with Crippen molar-refractivity contribution in [3.05, 3.63) is 67.3 Å². The van der Waals surface area contributed by atoms with E-state index >= 15 is 0 Å². The molecule has 1 aromatic heterocycles. The van der Waals surface area contributed by atoms with Crippen LogP contribution >= 0.6 is 0 Å². The lowest BCUT2D eigenvalue weighted by molar-refractivity contribution is -0.147. The van der Waals surface area contributed by atoms with Crippen molar-refractivity contribution in [2.75, 3.05) is 13.7 Å². The molecule has 282 valence electrons. The van der Waals surface area contributed by atoms with Crippen LogP contribution in [0.3, 0.4) is 0 Å². The van der Waals surface area contributed by atoms with Gasteiger partial charge in [-0.2, -0.15) is 0 Å². The van der Waals surface area contributed by atoms with E-state index in [9.17, 15) is 24.3 Å². The van der Waals surface area contributed by atoms with Crippen molar-refractivity contribution < 1.29 is 33.8 Å². The topological polar surface area (TPSA) is 147 Å². The second kappa shape index (κ2) is 15.2. The smallest absolute Gasteiger partial charge is 0.330 e. The standard InChI is InChI=1S/C42H52N4O7/c1-7-28-23-42(28,40(50)51)45-38(48)34-21-30(24-46(34)39(49)36(41(3,4)5)44-37(47)25(2)26-14-10-8-11-15-26)53-35-22-32(27-16-12-9-13-17-27)43-33-20-29(52-6)18-19-31(33)35/h7,9,12-13,16-20,22,25-26,28,30,34,36H,1,8,10-11,14-15,21,23-24H2,2-6H3,(H,44,47)(H,45,48)(H,50,51)/t25-,28-,30+,34-,36+,42?/m0/s1. The van der Waals surface area contributed by atoms with Crippen molar-refractivity contribution in [2.24, 2.45) is 23.2 Å². The third kappa shape index (κ3) is 7.89. The van der Waals surface area contributed by atoms with E-state index in [0.29, 0.717) is 22.7 Å². The summed E-state index contributed by atoms with van der Waals surface area (Å²) in [5.41, 5.74) is 0.0306. The molecule has 3 aliphatic rings. The Bertz CT molecular complexity index is 1870. The van der Waals surface area contributed by atoms with Gasteiger partial charge in [-0.05, 0) is 42.7 Å². The molecule has 0 spiro atoms. The number of carbonyl (C=O) groups is 4. The lowest BCUT2D eigenvalue weighted by atomic mass is 9.79. The highest BCUT2D eigenvalue weighted by molar-refractivity contribution is 5.97. The zero-order chi connectivity index (χ0) is 38.1. The van der Waals surface area contributed by atoms with Crippen LogP contribution < -0.4 is 20.1 Å². The second-order valence-electron chi connectivity index (χ2n) is 16.0. The number of nitrogens with one attached hydrogen (secondary N) is 2. The van der Waals surface area contributed by atoms with E-state index in [4.69, 9.17) is 14.5 Å². The summed E-state index contributed by atoms with van der Waals surface area (Å²) in [6, 6.07) is 15.1. The molecule has 6 atom stereocenters. The number of pyridine rings is 1. The molecule has 3 fully saturated rings. The van der Waals surface area contributed by atoms with Crippen molar-refractivity contribution in [2.45, 2.75) is 96.4 Å². The molecule has 53 heavy (non-hydrogen) atoms. The van der Waals surface area contributed by atoms with Crippen LogP contribution in [-0.4, -0.2) is 76.1 Å². The third-order valence-electron chi connectivity index (χ3n) is 11.4. The highest BCUT2D eigenvalue weighted by Crippen LogP contribution is 2.45. The van der Waals surface area contributed by atoms with Gasteiger partial charge >= 0.3 is 5.97 Å². The van der Waals surface area contributed by atoms with Crippen molar-refractivity contribution in [3.63, 3.8) is 0 Å².